The molecule has 0 saturated carbocycles. The van der Waals surface area contributed by atoms with Gasteiger partial charge in [-0.1, -0.05) is 11.6 Å². The van der Waals surface area contributed by atoms with Gasteiger partial charge in [-0.05, 0) is 55.0 Å². The summed E-state index contributed by atoms with van der Waals surface area (Å²) >= 11 is 5.82. The van der Waals surface area contributed by atoms with Crippen molar-refractivity contribution in [1.29, 1.82) is 0 Å². The van der Waals surface area contributed by atoms with E-state index in [0.29, 0.717) is 0 Å². The first-order chi connectivity index (χ1) is 7.65. The number of nitrogens with one attached hydrogen (secondary N) is 1. The second kappa shape index (κ2) is 5.80. The third-order valence-corrected chi connectivity index (χ3v) is 2.63. The van der Waals surface area contributed by atoms with Gasteiger partial charge >= 0.3 is 0 Å². The molecule has 0 spiro atoms. The average Bonchev–Trinajstić information content (AvgIpc) is 2.25. The fraction of sp³-hybridized carbons (Fsp3) is 0.0769. The Hall–Kier alpha value is -1.38. The van der Waals surface area contributed by atoms with Crippen molar-refractivity contribution in [3.8, 4) is 0 Å². The molecule has 0 heterocycles. The van der Waals surface area contributed by atoms with Gasteiger partial charge in [0.05, 0.1) is 0 Å². The summed E-state index contributed by atoms with van der Waals surface area (Å²) in [5, 5.41) is 4.05. The molecule has 0 aliphatic rings. The van der Waals surface area contributed by atoms with Crippen molar-refractivity contribution in [1.82, 2.24) is 0 Å². The molecule has 90 valence electrons. The van der Waals surface area contributed by atoms with Gasteiger partial charge in [0.2, 0.25) is 0 Å². The van der Waals surface area contributed by atoms with Crippen LogP contribution in [0.25, 0.3) is 0 Å². The average molecular weight is 269 g/mol. The molecule has 0 aliphatic carbocycles. The summed E-state index contributed by atoms with van der Waals surface area (Å²) in [7, 11) is 0. The van der Waals surface area contributed by atoms with Gasteiger partial charge in [-0.15, -0.1) is 12.4 Å². The number of halogens is 2. The molecule has 3 N–H and O–H groups in total. The minimum atomic E-state index is 0. The summed E-state index contributed by atoms with van der Waals surface area (Å²) in [6.07, 6.45) is 0. The molecule has 0 bridgehead atoms. The number of hydrogen-bond donors (Lipinski definition) is 2. The van der Waals surface area contributed by atoms with Crippen molar-refractivity contribution in [2.45, 2.75) is 6.92 Å². The topological polar surface area (TPSA) is 38.0 Å². The Morgan fingerprint density at radius 3 is 2.29 bits per heavy atom. The van der Waals surface area contributed by atoms with Crippen LogP contribution < -0.4 is 11.1 Å². The first kappa shape index (κ1) is 13.7. The number of nitrogen functional groups attached to an aromatic ring is 1. The molecule has 2 rings (SSSR count). The summed E-state index contributed by atoms with van der Waals surface area (Å²) < 4.78 is 0. The normalized spacial score (nSPS) is 9.53. The number of hydrogen-bond acceptors (Lipinski definition) is 2. The van der Waals surface area contributed by atoms with Crippen LogP contribution in [-0.2, 0) is 0 Å². The molecule has 0 aliphatic heterocycles. The highest BCUT2D eigenvalue weighted by Gasteiger charge is 1.99. The standard InChI is InChI=1S/C13H13ClN2.ClH/c1-9-8-11(15)4-7-13(9)16-12-5-2-10(14)3-6-12;/h2-8,16H,15H2,1H3;1H. The summed E-state index contributed by atoms with van der Waals surface area (Å²) in [5.74, 6) is 0. The van der Waals surface area contributed by atoms with Crippen molar-refractivity contribution in [3.63, 3.8) is 0 Å². The lowest BCUT2D eigenvalue weighted by Crippen LogP contribution is -1.94. The van der Waals surface area contributed by atoms with E-state index in [2.05, 4.69) is 5.32 Å². The van der Waals surface area contributed by atoms with Gasteiger partial charge in [-0.2, -0.15) is 0 Å². The van der Waals surface area contributed by atoms with Crippen LogP contribution >= 0.6 is 24.0 Å². The molecule has 0 unspecified atom stereocenters. The van der Waals surface area contributed by atoms with E-state index < -0.39 is 0 Å². The van der Waals surface area contributed by atoms with Crippen LogP contribution in [0, 0.1) is 6.92 Å². The summed E-state index contributed by atoms with van der Waals surface area (Å²) in [5.41, 5.74) is 9.66. The molecule has 0 atom stereocenters. The molecule has 0 aromatic heterocycles. The van der Waals surface area contributed by atoms with Crippen LogP contribution in [0.4, 0.5) is 17.1 Å². The number of rotatable bonds is 2. The first-order valence-electron chi connectivity index (χ1n) is 5.04. The van der Waals surface area contributed by atoms with E-state index in [4.69, 9.17) is 17.3 Å². The SMILES string of the molecule is Cc1cc(N)ccc1Nc1ccc(Cl)cc1.Cl. The Labute approximate surface area is 112 Å². The maximum Gasteiger partial charge on any atom is 0.0415 e. The third-order valence-electron chi connectivity index (χ3n) is 2.37. The molecule has 2 aromatic rings. The zero-order valence-electron chi connectivity index (χ0n) is 9.41. The van der Waals surface area contributed by atoms with Crippen molar-refractivity contribution in [2.24, 2.45) is 0 Å². The maximum atomic E-state index is 5.82. The smallest absolute Gasteiger partial charge is 0.0415 e. The predicted octanol–water partition coefficient (Wildman–Crippen LogP) is 4.40. The Morgan fingerprint density at radius 2 is 1.71 bits per heavy atom. The minimum Gasteiger partial charge on any atom is -0.399 e. The molecule has 4 heteroatoms. The van der Waals surface area contributed by atoms with Gasteiger partial charge in [0.1, 0.15) is 0 Å². The van der Waals surface area contributed by atoms with Gasteiger partial charge in [-0.3, -0.25) is 0 Å². The highest BCUT2D eigenvalue weighted by molar-refractivity contribution is 6.30. The number of nitrogens with two attached hydrogens (primary N) is 1. The Bertz CT molecular complexity index is 495. The monoisotopic (exact) mass is 268 g/mol. The Balaban J connectivity index is 0.00000144. The molecule has 0 radical (unpaired) electrons. The van der Waals surface area contributed by atoms with Crippen molar-refractivity contribution in [3.05, 3.63) is 53.1 Å². The fourth-order valence-electron chi connectivity index (χ4n) is 1.52. The van der Waals surface area contributed by atoms with Crippen LogP contribution in [0.5, 0.6) is 0 Å². The lowest BCUT2D eigenvalue weighted by molar-refractivity contribution is 1.43. The van der Waals surface area contributed by atoms with E-state index >= 15 is 0 Å². The van der Waals surface area contributed by atoms with E-state index in [-0.39, 0.29) is 12.4 Å². The maximum absolute atomic E-state index is 5.82. The van der Waals surface area contributed by atoms with Crippen LogP contribution in [0.1, 0.15) is 5.56 Å². The molecule has 0 amide bonds. The Morgan fingerprint density at radius 1 is 1.06 bits per heavy atom. The number of anilines is 3. The second-order valence-corrected chi connectivity index (χ2v) is 4.14. The van der Waals surface area contributed by atoms with Gasteiger partial charge in [0, 0.05) is 22.1 Å². The van der Waals surface area contributed by atoms with Crippen LogP contribution in [0.2, 0.25) is 5.02 Å². The molecule has 2 nitrogen and oxygen atoms in total. The quantitative estimate of drug-likeness (QED) is 0.793. The number of aryl methyl sites for hydroxylation is 1. The molecular formula is C13H14Cl2N2. The van der Waals surface area contributed by atoms with E-state index in [1.807, 2.05) is 49.4 Å². The largest absolute Gasteiger partial charge is 0.399 e. The highest BCUT2D eigenvalue weighted by Crippen LogP contribution is 2.23. The van der Waals surface area contributed by atoms with E-state index in [1.54, 1.807) is 0 Å². The summed E-state index contributed by atoms with van der Waals surface area (Å²) in [6, 6.07) is 13.4. The van der Waals surface area contributed by atoms with Gasteiger partial charge in [0.25, 0.3) is 0 Å². The molecule has 17 heavy (non-hydrogen) atoms. The highest BCUT2D eigenvalue weighted by atomic mass is 35.5. The van der Waals surface area contributed by atoms with Crippen molar-refractivity contribution >= 4 is 41.1 Å². The van der Waals surface area contributed by atoms with E-state index in [0.717, 1.165) is 27.6 Å². The summed E-state index contributed by atoms with van der Waals surface area (Å²) in [6.45, 7) is 2.02. The molecule has 0 fully saturated rings. The van der Waals surface area contributed by atoms with Gasteiger partial charge in [-0.25, -0.2) is 0 Å². The molecule has 2 aromatic carbocycles. The first-order valence-corrected chi connectivity index (χ1v) is 5.42. The van der Waals surface area contributed by atoms with Crippen molar-refractivity contribution < 1.29 is 0 Å². The molecular weight excluding hydrogens is 255 g/mol. The van der Waals surface area contributed by atoms with Crippen LogP contribution in [0.15, 0.2) is 42.5 Å². The summed E-state index contributed by atoms with van der Waals surface area (Å²) in [4.78, 5) is 0. The molecule has 0 saturated heterocycles. The zero-order valence-corrected chi connectivity index (χ0v) is 11.0. The second-order valence-electron chi connectivity index (χ2n) is 3.71. The van der Waals surface area contributed by atoms with Gasteiger partial charge in [0.15, 0.2) is 0 Å². The van der Waals surface area contributed by atoms with Crippen molar-refractivity contribution in [2.75, 3.05) is 11.1 Å². The van der Waals surface area contributed by atoms with Crippen LogP contribution in [-0.4, -0.2) is 0 Å². The van der Waals surface area contributed by atoms with Gasteiger partial charge < -0.3 is 11.1 Å². The fourth-order valence-corrected chi connectivity index (χ4v) is 1.64. The van der Waals surface area contributed by atoms with Crippen LogP contribution in [0.3, 0.4) is 0 Å². The Kier molecular flexibility index (Phi) is 4.67. The third kappa shape index (κ3) is 3.55. The number of benzene rings is 2. The lowest BCUT2D eigenvalue weighted by atomic mass is 10.1. The minimum absolute atomic E-state index is 0. The lowest BCUT2D eigenvalue weighted by Gasteiger charge is -2.10. The van der Waals surface area contributed by atoms with E-state index in [1.165, 1.54) is 0 Å². The predicted molar refractivity (Wildman–Crippen MR) is 77.6 cm³/mol. The zero-order chi connectivity index (χ0) is 11.5. The van der Waals surface area contributed by atoms with E-state index in [9.17, 15) is 0 Å².